The first-order valence-electron chi connectivity index (χ1n) is 10.5. The largest absolute Gasteiger partial charge is 0.462 e. The molecule has 0 atom stereocenters. The first kappa shape index (κ1) is 22.8. The van der Waals surface area contributed by atoms with Crippen LogP contribution in [0.15, 0.2) is 47.5 Å². The molecule has 33 heavy (non-hydrogen) atoms. The number of aromatic nitrogens is 5. The molecule has 0 saturated carbocycles. The molecule has 0 amide bonds. The van der Waals surface area contributed by atoms with Gasteiger partial charge in [0.25, 0.3) is 0 Å². The highest BCUT2D eigenvalue weighted by Crippen LogP contribution is 2.17. The summed E-state index contributed by atoms with van der Waals surface area (Å²) in [5, 5.41) is 12.0. The first-order valence-corrected chi connectivity index (χ1v) is 12.4. The summed E-state index contributed by atoms with van der Waals surface area (Å²) in [5.41, 5.74) is 1.14. The SMILES string of the molecule is CCOC(=O)c1ccc(N2CCN(Cc3nnnn3-c3ccc(S(C)(=O)=O)cc3)CC2)nc1. The summed E-state index contributed by atoms with van der Waals surface area (Å²) in [4.78, 5) is 20.9. The molecular weight excluding hydrogens is 446 g/mol. The number of esters is 1. The maximum Gasteiger partial charge on any atom is 0.339 e. The average molecular weight is 472 g/mol. The lowest BCUT2D eigenvalue weighted by molar-refractivity contribution is 0.0526. The zero-order chi connectivity index (χ0) is 23.4. The molecule has 4 rings (SSSR count). The Morgan fingerprint density at radius 2 is 1.79 bits per heavy atom. The summed E-state index contributed by atoms with van der Waals surface area (Å²) in [6, 6.07) is 10.1. The highest BCUT2D eigenvalue weighted by atomic mass is 32.2. The smallest absolute Gasteiger partial charge is 0.339 e. The second kappa shape index (κ2) is 9.63. The number of hydrogen-bond acceptors (Lipinski definition) is 10. The van der Waals surface area contributed by atoms with Gasteiger partial charge in [-0.2, -0.15) is 4.68 Å². The maximum atomic E-state index is 11.8. The van der Waals surface area contributed by atoms with Gasteiger partial charge in [-0.3, -0.25) is 4.90 Å². The van der Waals surface area contributed by atoms with Gasteiger partial charge in [0, 0.05) is 38.6 Å². The van der Waals surface area contributed by atoms with E-state index in [2.05, 4.69) is 30.3 Å². The Balaban J connectivity index is 1.37. The number of sulfone groups is 1. The van der Waals surface area contributed by atoms with Crippen molar-refractivity contribution in [2.75, 3.05) is 43.9 Å². The molecule has 11 nitrogen and oxygen atoms in total. The van der Waals surface area contributed by atoms with Crippen molar-refractivity contribution in [3.8, 4) is 5.69 Å². The molecule has 0 spiro atoms. The molecule has 1 aromatic carbocycles. The topological polar surface area (TPSA) is 123 Å². The van der Waals surface area contributed by atoms with Crippen molar-refractivity contribution in [1.29, 1.82) is 0 Å². The van der Waals surface area contributed by atoms with Gasteiger partial charge in [-0.25, -0.2) is 18.2 Å². The third kappa shape index (κ3) is 5.34. The van der Waals surface area contributed by atoms with Gasteiger partial charge < -0.3 is 9.64 Å². The molecule has 0 bridgehead atoms. The van der Waals surface area contributed by atoms with Crippen molar-refractivity contribution < 1.29 is 17.9 Å². The molecule has 0 radical (unpaired) electrons. The monoisotopic (exact) mass is 471 g/mol. The van der Waals surface area contributed by atoms with Gasteiger partial charge in [-0.05, 0) is 53.7 Å². The third-order valence-electron chi connectivity index (χ3n) is 5.36. The van der Waals surface area contributed by atoms with Crippen molar-refractivity contribution in [3.63, 3.8) is 0 Å². The third-order valence-corrected chi connectivity index (χ3v) is 6.49. The molecule has 1 aliphatic heterocycles. The number of ether oxygens (including phenoxy) is 1. The van der Waals surface area contributed by atoms with Crippen molar-refractivity contribution in [2.45, 2.75) is 18.4 Å². The van der Waals surface area contributed by atoms with Gasteiger partial charge in [0.2, 0.25) is 0 Å². The quantitative estimate of drug-likeness (QED) is 0.460. The van der Waals surface area contributed by atoms with Gasteiger partial charge in [0.05, 0.1) is 29.3 Å². The number of hydrogen-bond donors (Lipinski definition) is 0. The van der Waals surface area contributed by atoms with Crippen LogP contribution < -0.4 is 4.90 Å². The summed E-state index contributed by atoms with van der Waals surface area (Å²) < 4.78 is 30.0. The van der Waals surface area contributed by atoms with Crippen LogP contribution in [-0.2, 0) is 21.1 Å². The van der Waals surface area contributed by atoms with Crippen molar-refractivity contribution in [2.24, 2.45) is 0 Å². The number of anilines is 1. The van der Waals surface area contributed by atoms with Crippen LogP contribution in [-0.4, -0.2) is 83.5 Å². The molecule has 0 unspecified atom stereocenters. The lowest BCUT2D eigenvalue weighted by Crippen LogP contribution is -2.46. The Labute approximate surface area is 191 Å². The number of pyridine rings is 1. The fraction of sp³-hybridized carbons (Fsp3) is 0.381. The van der Waals surface area contributed by atoms with Crippen LogP contribution in [0.1, 0.15) is 23.1 Å². The molecule has 0 aliphatic carbocycles. The summed E-state index contributed by atoms with van der Waals surface area (Å²) in [7, 11) is -3.26. The van der Waals surface area contributed by atoms with Crippen LogP contribution in [0.25, 0.3) is 5.69 Å². The van der Waals surface area contributed by atoms with Crippen LogP contribution in [0.2, 0.25) is 0 Å². The Morgan fingerprint density at radius 3 is 2.39 bits per heavy atom. The number of tetrazole rings is 1. The van der Waals surface area contributed by atoms with E-state index in [4.69, 9.17) is 4.74 Å². The van der Waals surface area contributed by atoms with Crippen molar-refractivity contribution >= 4 is 21.6 Å². The highest BCUT2D eigenvalue weighted by molar-refractivity contribution is 7.90. The molecule has 3 heterocycles. The van der Waals surface area contributed by atoms with Gasteiger partial charge >= 0.3 is 5.97 Å². The predicted octanol–water partition coefficient (Wildman–Crippen LogP) is 0.960. The van der Waals surface area contributed by atoms with Gasteiger partial charge in [0.15, 0.2) is 15.7 Å². The van der Waals surface area contributed by atoms with Crippen LogP contribution >= 0.6 is 0 Å². The van der Waals surface area contributed by atoms with E-state index >= 15 is 0 Å². The van der Waals surface area contributed by atoms with Gasteiger partial charge in [-0.15, -0.1) is 5.10 Å². The van der Waals surface area contributed by atoms with E-state index in [0.717, 1.165) is 32.0 Å². The minimum Gasteiger partial charge on any atom is -0.462 e. The van der Waals surface area contributed by atoms with Crippen molar-refractivity contribution in [3.05, 3.63) is 54.0 Å². The second-order valence-electron chi connectivity index (χ2n) is 7.66. The number of piperazine rings is 1. The van der Waals surface area contributed by atoms with E-state index < -0.39 is 9.84 Å². The molecular formula is C21H25N7O4S. The Hall–Kier alpha value is -3.38. The Kier molecular flexibility index (Phi) is 6.65. The van der Waals surface area contributed by atoms with E-state index in [0.29, 0.717) is 30.2 Å². The minimum atomic E-state index is -3.26. The zero-order valence-corrected chi connectivity index (χ0v) is 19.3. The van der Waals surface area contributed by atoms with Crippen LogP contribution in [0, 0.1) is 0 Å². The van der Waals surface area contributed by atoms with E-state index in [-0.39, 0.29) is 10.9 Å². The highest BCUT2D eigenvalue weighted by Gasteiger charge is 2.21. The molecule has 0 N–H and O–H groups in total. The van der Waals surface area contributed by atoms with E-state index in [1.54, 1.807) is 48.1 Å². The Bertz CT molecular complexity index is 1200. The van der Waals surface area contributed by atoms with E-state index in [1.807, 2.05) is 6.07 Å². The fourth-order valence-corrected chi connectivity index (χ4v) is 4.21. The fourth-order valence-electron chi connectivity index (χ4n) is 3.58. The average Bonchev–Trinajstić information content (AvgIpc) is 3.27. The first-order chi connectivity index (χ1) is 15.8. The molecule has 1 fully saturated rings. The lowest BCUT2D eigenvalue weighted by Gasteiger charge is -2.35. The number of rotatable bonds is 7. The van der Waals surface area contributed by atoms with Crippen LogP contribution in [0.5, 0.6) is 0 Å². The van der Waals surface area contributed by atoms with Crippen LogP contribution in [0.4, 0.5) is 5.82 Å². The Morgan fingerprint density at radius 1 is 1.06 bits per heavy atom. The van der Waals surface area contributed by atoms with Gasteiger partial charge in [0.1, 0.15) is 5.82 Å². The summed E-state index contributed by atoms with van der Waals surface area (Å²) >= 11 is 0. The second-order valence-corrected chi connectivity index (χ2v) is 9.68. The normalized spacial score (nSPS) is 14.9. The molecule has 1 aliphatic rings. The van der Waals surface area contributed by atoms with Gasteiger partial charge in [-0.1, -0.05) is 0 Å². The lowest BCUT2D eigenvalue weighted by atomic mass is 10.2. The maximum absolute atomic E-state index is 11.8. The summed E-state index contributed by atoms with van der Waals surface area (Å²) in [5.74, 6) is 1.12. The summed E-state index contributed by atoms with van der Waals surface area (Å²) in [6.45, 7) is 5.79. The molecule has 3 aromatic rings. The zero-order valence-electron chi connectivity index (χ0n) is 18.5. The predicted molar refractivity (Wildman–Crippen MR) is 120 cm³/mol. The number of nitrogens with zero attached hydrogens (tertiary/aromatic N) is 7. The molecule has 12 heteroatoms. The van der Waals surface area contributed by atoms with E-state index in [9.17, 15) is 13.2 Å². The molecule has 1 saturated heterocycles. The number of carbonyl (C=O) groups excluding carboxylic acids is 1. The molecule has 2 aromatic heterocycles. The number of carbonyl (C=O) groups is 1. The standard InChI is InChI=1S/C21H25N7O4S/c1-3-32-21(29)16-4-9-19(22-14-16)27-12-10-26(11-13-27)15-20-23-24-25-28(20)17-5-7-18(8-6-17)33(2,30)31/h4-9,14H,3,10-13,15H2,1-2H3. The number of benzene rings is 1. The summed E-state index contributed by atoms with van der Waals surface area (Å²) in [6.07, 6.45) is 2.72. The molecule has 174 valence electrons. The van der Waals surface area contributed by atoms with Crippen LogP contribution in [0.3, 0.4) is 0 Å². The minimum absolute atomic E-state index is 0.251. The van der Waals surface area contributed by atoms with E-state index in [1.165, 1.54) is 6.26 Å². The van der Waals surface area contributed by atoms with Crippen molar-refractivity contribution in [1.82, 2.24) is 30.1 Å².